The fourth-order valence-electron chi connectivity index (χ4n) is 3.99. The molecule has 1 atom stereocenters. The van der Waals surface area contributed by atoms with Gasteiger partial charge in [-0.1, -0.05) is 31.0 Å². The van der Waals surface area contributed by atoms with Gasteiger partial charge in [-0.15, -0.1) is 0 Å². The second kappa shape index (κ2) is 8.13. The maximum atomic E-state index is 12.4. The van der Waals surface area contributed by atoms with Crippen LogP contribution in [0.5, 0.6) is 5.75 Å². The smallest absolute Gasteiger partial charge is 0.261 e. The lowest BCUT2D eigenvalue weighted by Crippen LogP contribution is -2.36. The minimum atomic E-state index is -0.559. The second-order valence-corrected chi connectivity index (χ2v) is 7.35. The molecule has 1 amide bonds. The molecule has 0 unspecified atom stereocenters. The predicted octanol–water partition coefficient (Wildman–Crippen LogP) is 3.15. The first-order valence-corrected chi connectivity index (χ1v) is 9.88. The molecule has 27 heavy (non-hydrogen) atoms. The van der Waals surface area contributed by atoms with Crippen molar-refractivity contribution in [2.45, 2.75) is 64.3 Å². The van der Waals surface area contributed by atoms with Crippen molar-refractivity contribution in [1.82, 2.24) is 15.1 Å². The molecule has 1 aliphatic carbocycles. The number of carbonyl (C=O) groups is 1. The summed E-state index contributed by atoms with van der Waals surface area (Å²) in [5.74, 6) is 0.552. The Morgan fingerprint density at radius 1 is 1.33 bits per heavy atom. The molecule has 0 saturated heterocycles. The summed E-state index contributed by atoms with van der Waals surface area (Å²) in [6.45, 7) is 3.51. The van der Waals surface area contributed by atoms with Gasteiger partial charge in [-0.2, -0.15) is 5.10 Å². The van der Waals surface area contributed by atoms with Crippen LogP contribution in [0.1, 0.15) is 55.6 Å². The average molecular weight is 369 g/mol. The summed E-state index contributed by atoms with van der Waals surface area (Å²) in [6, 6.07) is 9.90. The standard InChI is InChI=1S/C21H27N3O3/c1-15(27-17-9-3-2-4-10-17)21(25)22-13-19-18-14-26-12-11-20(18)24(23-19)16-7-5-6-8-16/h2-4,9-10,15-16H,5-8,11-14H2,1H3,(H,22,25)/t15-/m0/s1. The number of nitrogens with one attached hydrogen (secondary N) is 1. The number of ether oxygens (including phenoxy) is 2. The van der Waals surface area contributed by atoms with Crippen LogP contribution in [0.2, 0.25) is 0 Å². The summed E-state index contributed by atoms with van der Waals surface area (Å²) in [7, 11) is 0. The van der Waals surface area contributed by atoms with Crippen LogP contribution >= 0.6 is 0 Å². The van der Waals surface area contributed by atoms with E-state index in [1.807, 2.05) is 30.3 Å². The molecule has 2 aromatic rings. The minimum Gasteiger partial charge on any atom is -0.481 e. The van der Waals surface area contributed by atoms with Crippen LogP contribution in [-0.4, -0.2) is 28.4 Å². The number of benzene rings is 1. The van der Waals surface area contributed by atoms with E-state index in [1.165, 1.54) is 31.4 Å². The highest BCUT2D eigenvalue weighted by atomic mass is 16.5. The molecule has 4 rings (SSSR count). The molecular formula is C21H27N3O3. The number of nitrogens with zero attached hydrogens (tertiary/aromatic N) is 2. The highest BCUT2D eigenvalue weighted by molar-refractivity contribution is 5.80. The zero-order chi connectivity index (χ0) is 18.6. The Labute approximate surface area is 159 Å². The van der Waals surface area contributed by atoms with Gasteiger partial charge in [0.2, 0.25) is 0 Å². The Morgan fingerprint density at radius 3 is 2.89 bits per heavy atom. The number of carbonyl (C=O) groups excluding carboxylic acids is 1. The van der Waals surface area contributed by atoms with Crippen molar-refractivity contribution in [3.8, 4) is 5.75 Å². The number of hydrogen-bond acceptors (Lipinski definition) is 4. The SMILES string of the molecule is C[C@H](Oc1ccccc1)C(=O)NCc1nn(C2CCCC2)c2c1COCC2. The van der Waals surface area contributed by atoms with E-state index in [0.29, 0.717) is 24.9 Å². The molecular weight excluding hydrogens is 342 g/mol. The number of aromatic nitrogens is 2. The third-order valence-electron chi connectivity index (χ3n) is 5.46. The molecule has 2 aliphatic rings. The quantitative estimate of drug-likeness (QED) is 0.849. The molecule has 6 heteroatoms. The highest BCUT2D eigenvalue weighted by Gasteiger charge is 2.27. The third kappa shape index (κ3) is 4.00. The van der Waals surface area contributed by atoms with Crippen molar-refractivity contribution < 1.29 is 14.3 Å². The maximum Gasteiger partial charge on any atom is 0.261 e. The number of para-hydroxylation sites is 1. The molecule has 144 valence electrons. The van der Waals surface area contributed by atoms with Gasteiger partial charge in [-0.25, -0.2) is 0 Å². The van der Waals surface area contributed by atoms with E-state index in [1.54, 1.807) is 6.92 Å². The number of hydrogen-bond donors (Lipinski definition) is 1. The second-order valence-electron chi connectivity index (χ2n) is 7.35. The van der Waals surface area contributed by atoms with Crippen LogP contribution in [0.25, 0.3) is 0 Å². The topological polar surface area (TPSA) is 65.4 Å². The van der Waals surface area contributed by atoms with Gasteiger partial charge in [-0.3, -0.25) is 9.48 Å². The highest BCUT2D eigenvalue weighted by Crippen LogP contribution is 2.33. The lowest BCUT2D eigenvalue weighted by Gasteiger charge is -2.18. The first-order chi connectivity index (χ1) is 13.2. The summed E-state index contributed by atoms with van der Waals surface area (Å²) in [4.78, 5) is 12.4. The van der Waals surface area contributed by atoms with Crippen molar-refractivity contribution in [3.05, 3.63) is 47.3 Å². The van der Waals surface area contributed by atoms with Crippen LogP contribution in [0.3, 0.4) is 0 Å². The van der Waals surface area contributed by atoms with Gasteiger partial charge in [0.15, 0.2) is 6.10 Å². The molecule has 2 heterocycles. The van der Waals surface area contributed by atoms with Crippen molar-refractivity contribution in [2.24, 2.45) is 0 Å². The molecule has 6 nitrogen and oxygen atoms in total. The molecule has 1 aromatic heterocycles. The number of rotatable bonds is 6. The summed E-state index contributed by atoms with van der Waals surface area (Å²) < 4.78 is 13.6. The van der Waals surface area contributed by atoms with Crippen molar-refractivity contribution >= 4 is 5.91 Å². The van der Waals surface area contributed by atoms with Crippen molar-refractivity contribution in [2.75, 3.05) is 6.61 Å². The minimum absolute atomic E-state index is 0.139. The zero-order valence-electron chi connectivity index (χ0n) is 15.8. The van der Waals surface area contributed by atoms with Crippen LogP contribution < -0.4 is 10.1 Å². The Morgan fingerprint density at radius 2 is 2.11 bits per heavy atom. The zero-order valence-corrected chi connectivity index (χ0v) is 15.8. The maximum absolute atomic E-state index is 12.4. The van der Waals surface area contributed by atoms with Crippen molar-refractivity contribution in [1.29, 1.82) is 0 Å². The number of amides is 1. The Balaban J connectivity index is 1.42. The van der Waals surface area contributed by atoms with Crippen LogP contribution in [0, 0.1) is 0 Å². The molecule has 1 N–H and O–H groups in total. The van der Waals surface area contributed by atoms with E-state index >= 15 is 0 Å². The summed E-state index contributed by atoms with van der Waals surface area (Å²) in [6.07, 6.45) is 5.29. The summed E-state index contributed by atoms with van der Waals surface area (Å²) in [5, 5.41) is 7.85. The van der Waals surface area contributed by atoms with E-state index in [0.717, 1.165) is 24.3 Å². The van der Waals surface area contributed by atoms with E-state index < -0.39 is 6.10 Å². The van der Waals surface area contributed by atoms with E-state index in [9.17, 15) is 4.79 Å². The summed E-state index contributed by atoms with van der Waals surface area (Å²) in [5.41, 5.74) is 3.38. The Bertz CT molecular complexity index is 781. The van der Waals surface area contributed by atoms with Gasteiger partial charge in [-0.05, 0) is 31.9 Å². The summed E-state index contributed by atoms with van der Waals surface area (Å²) >= 11 is 0. The Hall–Kier alpha value is -2.34. The number of fused-ring (bicyclic) bond motifs is 1. The Kier molecular flexibility index (Phi) is 5.43. The van der Waals surface area contributed by atoms with Crippen LogP contribution in [-0.2, 0) is 29.1 Å². The molecule has 0 spiro atoms. The first kappa shape index (κ1) is 18.0. The predicted molar refractivity (Wildman–Crippen MR) is 101 cm³/mol. The van der Waals surface area contributed by atoms with E-state index in [4.69, 9.17) is 14.6 Å². The molecule has 1 fully saturated rings. The molecule has 1 saturated carbocycles. The van der Waals surface area contributed by atoms with Gasteiger partial charge in [0, 0.05) is 17.7 Å². The fourth-order valence-corrected chi connectivity index (χ4v) is 3.99. The van der Waals surface area contributed by atoms with Gasteiger partial charge < -0.3 is 14.8 Å². The monoisotopic (exact) mass is 369 g/mol. The van der Waals surface area contributed by atoms with Gasteiger partial charge in [0.05, 0.1) is 31.5 Å². The largest absolute Gasteiger partial charge is 0.481 e. The van der Waals surface area contributed by atoms with E-state index in [-0.39, 0.29) is 5.91 Å². The van der Waals surface area contributed by atoms with E-state index in [2.05, 4.69) is 10.00 Å². The lowest BCUT2D eigenvalue weighted by atomic mass is 10.1. The molecule has 0 radical (unpaired) electrons. The van der Waals surface area contributed by atoms with Crippen molar-refractivity contribution in [3.63, 3.8) is 0 Å². The fraction of sp³-hybridized carbons (Fsp3) is 0.524. The normalized spacial score (nSPS) is 18.1. The molecule has 1 aromatic carbocycles. The third-order valence-corrected chi connectivity index (χ3v) is 5.46. The molecule has 0 bridgehead atoms. The molecule has 1 aliphatic heterocycles. The van der Waals surface area contributed by atoms with Gasteiger partial charge in [0.1, 0.15) is 5.75 Å². The lowest BCUT2D eigenvalue weighted by molar-refractivity contribution is -0.127. The first-order valence-electron chi connectivity index (χ1n) is 9.88. The van der Waals surface area contributed by atoms with Crippen LogP contribution in [0.15, 0.2) is 30.3 Å². The van der Waals surface area contributed by atoms with Crippen LogP contribution in [0.4, 0.5) is 0 Å². The van der Waals surface area contributed by atoms with Gasteiger partial charge in [0.25, 0.3) is 5.91 Å². The average Bonchev–Trinajstić information content (AvgIpc) is 3.35. The van der Waals surface area contributed by atoms with Gasteiger partial charge >= 0.3 is 0 Å².